The van der Waals surface area contributed by atoms with E-state index < -0.39 is 42.5 Å². The second kappa shape index (κ2) is 11.7. The summed E-state index contributed by atoms with van der Waals surface area (Å²) < 4.78 is 17.0. The molecule has 12 heteroatoms. The van der Waals surface area contributed by atoms with Gasteiger partial charge in [-0.05, 0) is 30.2 Å². The standard InChI is InChI=1S/C24H25N3O9/c25-24(26)27-15-5-7-17-19(12-15)34-8-9-35-21-13(2-1-3-18(21)36-23(17)33)4-6-16(28)10-14(22(31)32)11-20(29)30/h1-3,5,7,12,14H,4,6,8-11H2,(H,29,30)(H,31,32)(H4,25,26,27)/t14-/m0/s1. The zero-order chi connectivity index (χ0) is 26.2. The summed E-state index contributed by atoms with van der Waals surface area (Å²) in [5, 5.41) is 18.0. The summed E-state index contributed by atoms with van der Waals surface area (Å²) in [6.45, 7) is 0.162. The predicted molar refractivity (Wildman–Crippen MR) is 126 cm³/mol. The van der Waals surface area contributed by atoms with E-state index in [1.807, 2.05) is 0 Å². The number of nitrogens with two attached hydrogens (primary N) is 2. The molecule has 12 nitrogen and oxygen atoms in total. The summed E-state index contributed by atoms with van der Waals surface area (Å²) in [5.74, 6) is -4.61. The second-order valence-corrected chi connectivity index (χ2v) is 7.92. The SMILES string of the molecule is NC(N)=Nc1ccc2c(c1)OCCOc1c(CCC(=O)C[C@@H](CC(=O)O)C(=O)O)cccc1OC2=O. The van der Waals surface area contributed by atoms with Crippen molar-refractivity contribution < 1.29 is 43.6 Å². The summed E-state index contributed by atoms with van der Waals surface area (Å²) in [6.07, 6.45) is -0.933. The highest BCUT2D eigenvalue weighted by atomic mass is 16.6. The van der Waals surface area contributed by atoms with Crippen molar-refractivity contribution in [2.24, 2.45) is 22.4 Å². The molecular formula is C24H25N3O9. The maximum absolute atomic E-state index is 12.9. The number of aliphatic carboxylic acids is 2. The molecule has 1 aliphatic rings. The Morgan fingerprint density at radius 1 is 1.00 bits per heavy atom. The topological polar surface area (TPSA) is 201 Å². The minimum Gasteiger partial charge on any atom is -0.489 e. The van der Waals surface area contributed by atoms with E-state index in [1.165, 1.54) is 18.2 Å². The number of ether oxygens (including phenoxy) is 3. The molecule has 0 bridgehead atoms. The summed E-state index contributed by atoms with van der Waals surface area (Å²) >= 11 is 0. The first-order valence-electron chi connectivity index (χ1n) is 10.9. The molecule has 0 spiro atoms. The molecule has 0 amide bonds. The number of aliphatic imine (C=N–C) groups is 1. The number of fused-ring (bicyclic) bond motifs is 2. The highest BCUT2D eigenvalue weighted by molar-refractivity contribution is 5.95. The minimum atomic E-state index is -1.34. The molecule has 0 saturated heterocycles. The Kier molecular flexibility index (Phi) is 8.44. The Labute approximate surface area is 205 Å². The lowest BCUT2D eigenvalue weighted by Gasteiger charge is -2.19. The first-order valence-corrected chi connectivity index (χ1v) is 10.9. The molecule has 0 unspecified atom stereocenters. The maximum Gasteiger partial charge on any atom is 0.347 e. The van der Waals surface area contributed by atoms with E-state index in [-0.39, 0.29) is 54.8 Å². The number of esters is 1. The van der Waals surface area contributed by atoms with Gasteiger partial charge >= 0.3 is 17.9 Å². The lowest BCUT2D eigenvalue weighted by molar-refractivity contribution is -0.149. The molecule has 0 aliphatic carbocycles. The second-order valence-electron chi connectivity index (χ2n) is 7.92. The lowest BCUT2D eigenvalue weighted by Crippen LogP contribution is -2.22. The molecule has 3 rings (SSSR count). The van der Waals surface area contributed by atoms with Gasteiger partial charge in [0.25, 0.3) is 0 Å². The molecule has 1 heterocycles. The number of aryl methyl sites for hydroxylation is 1. The van der Waals surface area contributed by atoms with Gasteiger partial charge in [0.1, 0.15) is 30.3 Å². The van der Waals surface area contributed by atoms with Crippen LogP contribution in [0.4, 0.5) is 5.69 Å². The van der Waals surface area contributed by atoms with Crippen molar-refractivity contribution in [1.29, 1.82) is 0 Å². The number of carboxylic acid groups (broad SMARTS) is 2. The van der Waals surface area contributed by atoms with Crippen molar-refractivity contribution in [3.63, 3.8) is 0 Å². The molecule has 0 fully saturated rings. The predicted octanol–water partition coefficient (Wildman–Crippen LogP) is 1.65. The van der Waals surface area contributed by atoms with Crippen molar-refractivity contribution in [2.75, 3.05) is 13.2 Å². The Balaban J connectivity index is 1.77. The number of carboxylic acids is 2. The maximum atomic E-state index is 12.9. The van der Waals surface area contributed by atoms with Crippen LogP contribution in [0, 0.1) is 5.92 Å². The van der Waals surface area contributed by atoms with Crippen LogP contribution in [0.3, 0.4) is 0 Å². The van der Waals surface area contributed by atoms with Gasteiger partial charge in [0.15, 0.2) is 17.5 Å². The molecular weight excluding hydrogens is 474 g/mol. The van der Waals surface area contributed by atoms with E-state index in [0.29, 0.717) is 11.3 Å². The molecule has 190 valence electrons. The van der Waals surface area contributed by atoms with Gasteiger partial charge in [-0.1, -0.05) is 12.1 Å². The molecule has 0 saturated carbocycles. The first-order chi connectivity index (χ1) is 17.1. The molecule has 2 aromatic carbocycles. The molecule has 1 aliphatic heterocycles. The van der Waals surface area contributed by atoms with Crippen LogP contribution in [-0.4, -0.2) is 53.1 Å². The van der Waals surface area contributed by atoms with E-state index >= 15 is 0 Å². The fourth-order valence-electron chi connectivity index (χ4n) is 3.58. The monoisotopic (exact) mass is 499 g/mol. The smallest absolute Gasteiger partial charge is 0.347 e. The molecule has 2 aromatic rings. The van der Waals surface area contributed by atoms with Gasteiger partial charge < -0.3 is 35.9 Å². The van der Waals surface area contributed by atoms with Gasteiger partial charge in [0, 0.05) is 18.9 Å². The zero-order valence-corrected chi connectivity index (χ0v) is 19.1. The van der Waals surface area contributed by atoms with Crippen LogP contribution in [-0.2, 0) is 20.8 Å². The quantitative estimate of drug-likeness (QED) is 0.169. The van der Waals surface area contributed by atoms with Gasteiger partial charge in [-0.15, -0.1) is 0 Å². The molecule has 0 aromatic heterocycles. The van der Waals surface area contributed by atoms with Crippen LogP contribution in [0.15, 0.2) is 41.4 Å². The number of nitrogens with zero attached hydrogens (tertiary/aromatic N) is 1. The van der Waals surface area contributed by atoms with Gasteiger partial charge in [0.05, 0.1) is 18.0 Å². The Morgan fingerprint density at radius 2 is 1.75 bits per heavy atom. The normalized spacial score (nSPS) is 13.5. The van der Waals surface area contributed by atoms with Gasteiger partial charge in [-0.25, -0.2) is 9.79 Å². The van der Waals surface area contributed by atoms with Crippen LogP contribution in [0.5, 0.6) is 17.2 Å². The highest BCUT2D eigenvalue weighted by Gasteiger charge is 2.25. The Bertz CT molecular complexity index is 1210. The summed E-state index contributed by atoms with van der Waals surface area (Å²) in [4.78, 5) is 51.3. The number of benzene rings is 2. The van der Waals surface area contributed by atoms with E-state index in [0.717, 1.165) is 0 Å². The van der Waals surface area contributed by atoms with Crippen LogP contribution in [0.1, 0.15) is 35.2 Å². The molecule has 0 radical (unpaired) electrons. The number of Topliss-reactive ketones (excluding diaryl/α,β-unsaturated/α-hetero) is 1. The van der Waals surface area contributed by atoms with Crippen molar-refractivity contribution in [3.8, 4) is 17.2 Å². The fourth-order valence-corrected chi connectivity index (χ4v) is 3.58. The zero-order valence-electron chi connectivity index (χ0n) is 19.1. The Hall–Kier alpha value is -4.61. The van der Waals surface area contributed by atoms with Gasteiger partial charge in [0.2, 0.25) is 0 Å². The van der Waals surface area contributed by atoms with Crippen LogP contribution < -0.4 is 25.7 Å². The summed E-state index contributed by atoms with van der Waals surface area (Å²) in [6, 6.07) is 9.36. The number of guanidine groups is 1. The third kappa shape index (κ3) is 6.95. The molecule has 1 atom stereocenters. The number of para-hydroxylation sites is 1. The first kappa shape index (κ1) is 26.0. The largest absolute Gasteiger partial charge is 0.489 e. The summed E-state index contributed by atoms with van der Waals surface area (Å²) in [7, 11) is 0. The van der Waals surface area contributed by atoms with Crippen LogP contribution in [0.25, 0.3) is 0 Å². The Morgan fingerprint density at radius 3 is 2.44 bits per heavy atom. The number of hydrogen-bond donors (Lipinski definition) is 4. The molecule has 36 heavy (non-hydrogen) atoms. The van der Waals surface area contributed by atoms with Crippen LogP contribution in [0.2, 0.25) is 0 Å². The highest BCUT2D eigenvalue weighted by Crippen LogP contribution is 2.35. The lowest BCUT2D eigenvalue weighted by atomic mass is 9.95. The number of hydrogen-bond acceptors (Lipinski definition) is 8. The van der Waals surface area contributed by atoms with E-state index in [4.69, 9.17) is 35.9 Å². The number of rotatable bonds is 9. The summed E-state index contributed by atoms with van der Waals surface area (Å²) in [5.41, 5.74) is 11.9. The van der Waals surface area contributed by atoms with E-state index in [2.05, 4.69) is 4.99 Å². The number of carbonyl (C=O) groups excluding carboxylic acids is 2. The number of ketones is 1. The average molecular weight is 499 g/mol. The van der Waals surface area contributed by atoms with Crippen molar-refractivity contribution in [1.82, 2.24) is 0 Å². The molecule has 6 N–H and O–H groups in total. The van der Waals surface area contributed by atoms with E-state index in [1.54, 1.807) is 18.2 Å². The van der Waals surface area contributed by atoms with Crippen LogP contribution >= 0.6 is 0 Å². The average Bonchev–Trinajstić information content (AvgIpc) is 2.80. The van der Waals surface area contributed by atoms with Crippen molar-refractivity contribution in [3.05, 3.63) is 47.5 Å². The van der Waals surface area contributed by atoms with E-state index in [9.17, 15) is 19.2 Å². The van der Waals surface area contributed by atoms with Crippen molar-refractivity contribution in [2.45, 2.75) is 25.7 Å². The van der Waals surface area contributed by atoms with Gasteiger partial charge in [-0.3, -0.25) is 14.4 Å². The fraction of sp³-hybridized carbons (Fsp3) is 0.292. The van der Waals surface area contributed by atoms with Crippen molar-refractivity contribution >= 4 is 35.3 Å². The third-order valence-corrected chi connectivity index (χ3v) is 5.21. The third-order valence-electron chi connectivity index (χ3n) is 5.21. The number of carbonyl (C=O) groups is 4. The van der Waals surface area contributed by atoms with Gasteiger partial charge in [-0.2, -0.15) is 0 Å². The minimum absolute atomic E-state index is 0.0515.